The fourth-order valence-corrected chi connectivity index (χ4v) is 4.97. The van der Waals surface area contributed by atoms with Gasteiger partial charge in [-0.2, -0.15) is 0 Å². The largest absolute Gasteiger partial charge is 0.361 e. The van der Waals surface area contributed by atoms with Gasteiger partial charge in [0.05, 0.1) is 21.6 Å². The summed E-state index contributed by atoms with van der Waals surface area (Å²) in [6.07, 6.45) is 0. The average Bonchev–Trinajstić information content (AvgIpc) is 3.17. The Morgan fingerprint density at radius 1 is 1.28 bits per heavy atom. The van der Waals surface area contributed by atoms with Crippen molar-refractivity contribution in [2.75, 3.05) is 0 Å². The first-order valence-corrected chi connectivity index (χ1v) is 10.3. The lowest BCUT2D eigenvalue weighted by Gasteiger charge is -2.09. The lowest BCUT2D eigenvalue weighted by Crippen LogP contribution is -2.22. The van der Waals surface area contributed by atoms with Gasteiger partial charge in [0.25, 0.3) is 5.91 Å². The molecule has 1 aromatic carbocycles. The number of thioether (sulfide) groups is 1. The van der Waals surface area contributed by atoms with E-state index in [2.05, 4.69) is 26.4 Å². The Hall–Kier alpha value is -1.57. The molecule has 7 heteroatoms. The molecule has 0 atom stereocenters. The number of rotatable bonds is 6. The number of halogens is 1. The molecule has 0 unspecified atom stereocenters. The summed E-state index contributed by atoms with van der Waals surface area (Å²) in [5, 5.41) is 6.97. The van der Waals surface area contributed by atoms with Crippen molar-refractivity contribution in [2.24, 2.45) is 0 Å². The van der Waals surface area contributed by atoms with Gasteiger partial charge in [0.15, 0.2) is 0 Å². The van der Waals surface area contributed by atoms with E-state index in [-0.39, 0.29) is 5.91 Å². The monoisotopic (exact) mass is 436 g/mol. The van der Waals surface area contributed by atoms with E-state index in [1.807, 2.05) is 50.2 Å². The predicted octanol–water partition coefficient (Wildman–Crippen LogP) is 5.34. The fraction of sp³-hybridized carbons (Fsp3) is 0.222. The zero-order valence-electron chi connectivity index (χ0n) is 13.8. The Kier molecular flexibility index (Phi) is 5.98. The van der Waals surface area contributed by atoms with E-state index in [1.165, 1.54) is 0 Å². The van der Waals surface area contributed by atoms with Crippen LogP contribution in [0.15, 0.2) is 49.6 Å². The molecular formula is C18H17BrN2O2S2. The summed E-state index contributed by atoms with van der Waals surface area (Å²) in [5.74, 6) is 1.49. The number of nitrogens with zero attached hydrogens (tertiary/aromatic N) is 1. The number of carbonyl (C=O) groups excluding carboxylic acids is 1. The van der Waals surface area contributed by atoms with E-state index in [9.17, 15) is 4.79 Å². The highest BCUT2D eigenvalue weighted by Crippen LogP contribution is 2.29. The van der Waals surface area contributed by atoms with Gasteiger partial charge in [0.1, 0.15) is 5.76 Å². The number of thiophene rings is 1. The molecular weight excluding hydrogens is 420 g/mol. The molecule has 1 amide bonds. The number of benzene rings is 1. The van der Waals surface area contributed by atoms with Crippen molar-refractivity contribution < 1.29 is 9.32 Å². The summed E-state index contributed by atoms with van der Waals surface area (Å²) in [5.41, 5.74) is 2.67. The topological polar surface area (TPSA) is 55.1 Å². The van der Waals surface area contributed by atoms with Crippen molar-refractivity contribution in [3.8, 4) is 0 Å². The first-order valence-electron chi connectivity index (χ1n) is 7.70. The van der Waals surface area contributed by atoms with Crippen LogP contribution < -0.4 is 5.32 Å². The minimum absolute atomic E-state index is 0.0635. The Bertz CT molecular complexity index is 869. The van der Waals surface area contributed by atoms with Crippen LogP contribution in [0, 0.1) is 13.8 Å². The Labute approximate surface area is 163 Å². The van der Waals surface area contributed by atoms with Crippen LogP contribution in [0.2, 0.25) is 0 Å². The van der Waals surface area contributed by atoms with Gasteiger partial charge in [-0.3, -0.25) is 4.79 Å². The molecule has 3 aromatic rings. The van der Waals surface area contributed by atoms with Gasteiger partial charge in [0.2, 0.25) is 0 Å². The molecule has 3 rings (SSSR count). The molecule has 1 N–H and O–H groups in total. The first kappa shape index (κ1) is 18.2. The van der Waals surface area contributed by atoms with Gasteiger partial charge in [0, 0.05) is 21.1 Å². The number of hydrogen-bond donors (Lipinski definition) is 1. The maximum atomic E-state index is 12.6. The van der Waals surface area contributed by atoms with E-state index >= 15 is 0 Å². The summed E-state index contributed by atoms with van der Waals surface area (Å²) in [4.78, 5) is 14.6. The van der Waals surface area contributed by atoms with Gasteiger partial charge < -0.3 is 9.84 Å². The number of nitrogens with one attached hydrogen (secondary N) is 1. The van der Waals surface area contributed by atoms with Crippen LogP contribution >= 0.6 is 39.0 Å². The maximum absolute atomic E-state index is 12.6. The van der Waals surface area contributed by atoms with Crippen LogP contribution in [0.3, 0.4) is 0 Å². The molecule has 0 aliphatic heterocycles. The zero-order chi connectivity index (χ0) is 17.8. The third-order valence-electron chi connectivity index (χ3n) is 3.74. The molecule has 0 aliphatic rings. The summed E-state index contributed by atoms with van der Waals surface area (Å²) >= 11 is 6.68. The molecule has 0 fully saturated rings. The first-order chi connectivity index (χ1) is 12.0. The van der Waals surface area contributed by atoms with E-state index in [0.29, 0.717) is 12.1 Å². The van der Waals surface area contributed by atoms with Crippen LogP contribution in [-0.4, -0.2) is 11.1 Å². The molecule has 0 saturated carbocycles. The van der Waals surface area contributed by atoms with Crippen molar-refractivity contribution in [1.29, 1.82) is 0 Å². The van der Waals surface area contributed by atoms with Crippen molar-refractivity contribution in [1.82, 2.24) is 10.5 Å². The molecule has 2 heterocycles. The number of aromatic nitrogens is 1. The summed E-state index contributed by atoms with van der Waals surface area (Å²) in [7, 11) is 0. The van der Waals surface area contributed by atoms with Crippen molar-refractivity contribution in [2.45, 2.75) is 31.0 Å². The van der Waals surface area contributed by atoms with Crippen LogP contribution in [0.1, 0.15) is 32.3 Å². The third kappa shape index (κ3) is 4.54. The van der Waals surface area contributed by atoms with Crippen LogP contribution in [0.4, 0.5) is 0 Å². The smallest absolute Gasteiger partial charge is 0.252 e. The van der Waals surface area contributed by atoms with Crippen molar-refractivity contribution in [3.63, 3.8) is 0 Å². The minimum Gasteiger partial charge on any atom is -0.361 e. The third-order valence-corrected chi connectivity index (χ3v) is 6.46. The minimum atomic E-state index is -0.0635. The van der Waals surface area contributed by atoms with Crippen LogP contribution in [0.5, 0.6) is 0 Å². The lowest BCUT2D eigenvalue weighted by molar-refractivity contribution is 0.0948. The normalized spacial score (nSPS) is 10.8. The Morgan fingerprint density at radius 3 is 2.76 bits per heavy atom. The molecule has 25 heavy (non-hydrogen) atoms. The van der Waals surface area contributed by atoms with Crippen molar-refractivity contribution >= 4 is 44.9 Å². The van der Waals surface area contributed by atoms with Crippen LogP contribution in [0.25, 0.3) is 0 Å². The maximum Gasteiger partial charge on any atom is 0.252 e. The molecule has 130 valence electrons. The number of carbonyl (C=O) groups is 1. The molecule has 0 spiro atoms. The van der Waals surface area contributed by atoms with E-state index in [0.717, 1.165) is 36.3 Å². The standard InChI is InChI=1S/C18H17BrN2O2S2/c1-11-15(12(2)23-21-11)10-24-16-6-4-3-5-14(16)18(22)20-9-13-7-8-17(19)25-13/h3-8H,9-10H2,1-2H3,(H,20,22). The second-order valence-corrected chi connectivity index (χ2v) is 9.04. The van der Waals surface area contributed by atoms with Gasteiger partial charge >= 0.3 is 0 Å². The molecule has 0 saturated heterocycles. The Morgan fingerprint density at radius 2 is 2.08 bits per heavy atom. The second-order valence-electron chi connectivity index (χ2n) is 5.48. The summed E-state index contributed by atoms with van der Waals surface area (Å²) < 4.78 is 6.27. The highest BCUT2D eigenvalue weighted by molar-refractivity contribution is 9.11. The van der Waals surface area contributed by atoms with E-state index in [1.54, 1.807) is 23.1 Å². The fourth-order valence-electron chi connectivity index (χ4n) is 2.35. The van der Waals surface area contributed by atoms with Gasteiger partial charge in [-0.15, -0.1) is 23.1 Å². The SMILES string of the molecule is Cc1noc(C)c1CSc1ccccc1C(=O)NCc1ccc(Br)s1. The Balaban J connectivity index is 1.68. The summed E-state index contributed by atoms with van der Waals surface area (Å²) in [6.45, 7) is 4.37. The number of amides is 1. The highest BCUT2D eigenvalue weighted by atomic mass is 79.9. The molecule has 2 aromatic heterocycles. The van der Waals surface area contributed by atoms with E-state index < -0.39 is 0 Å². The molecule has 0 aliphatic carbocycles. The molecule has 4 nitrogen and oxygen atoms in total. The van der Waals surface area contributed by atoms with Crippen molar-refractivity contribution in [3.05, 3.63) is 67.6 Å². The van der Waals surface area contributed by atoms with Gasteiger partial charge in [-0.25, -0.2) is 0 Å². The predicted molar refractivity (Wildman–Crippen MR) is 105 cm³/mol. The quantitative estimate of drug-likeness (QED) is 0.529. The molecule has 0 radical (unpaired) electrons. The average molecular weight is 437 g/mol. The summed E-state index contributed by atoms with van der Waals surface area (Å²) in [6, 6.07) is 11.7. The zero-order valence-corrected chi connectivity index (χ0v) is 17.1. The highest BCUT2D eigenvalue weighted by Gasteiger charge is 2.14. The second kappa shape index (κ2) is 8.21. The van der Waals surface area contributed by atoms with Gasteiger partial charge in [-0.1, -0.05) is 17.3 Å². The lowest BCUT2D eigenvalue weighted by atomic mass is 10.2. The molecule has 0 bridgehead atoms. The van der Waals surface area contributed by atoms with E-state index in [4.69, 9.17) is 4.52 Å². The number of aryl methyl sites for hydroxylation is 2. The van der Waals surface area contributed by atoms with Crippen LogP contribution in [-0.2, 0) is 12.3 Å². The van der Waals surface area contributed by atoms with Gasteiger partial charge in [-0.05, 0) is 54.0 Å². The number of hydrogen-bond acceptors (Lipinski definition) is 5.